The van der Waals surface area contributed by atoms with Gasteiger partial charge >= 0.3 is 0 Å². The molecule has 0 radical (unpaired) electrons. The van der Waals surface area contributed by atoms with Gasteiger partial charge in [-0.05, 0) is 45.1 Å². The lowest BCUT2D eigenvalue weighted by Gasteiger charge is -2.15. The molecule has 0 heterocycles. The molecule has 0 spiro atoms. The van der Waals surface area contributed by atoms with Gasteiger partial charge in [0.2, 0.25) is 0 Å². The minimum absolute atomic E-state index is 0.287. The van der Waals surface area contributed by atoms with Gasteiger partial charge in [-0.3, -0.25) is 4.99 Å². The standard InChI is InChI=1S/C19H31N3O2/c1-15(2)23-12-6-11-21-19(20-3)22-13-17-7-4-5-8-18(17)24-14-16-9-10-16/h4-5,7-8,15-16H,6,9-14H2,1-3H3,(H2,20,21,22). The van der Waals surface area contributed by atoms with Crippen LogP contribution < -0.4 is 15.4 Å². The van der Waals surface area contributed by atoms with E-state index in [1.165, 1.54) is 12.8 Å². The average Bonchev–Trinajstić information content (AvgIpc) is 3.40. The lowest BCUT2D eigenvalue weighted by molar-refractivity contribution is 0.0776. The minimum atomic E-state index is 0.287. The second-order valence-corrected chi connectivity index (χ2v) is 6.49. The summed E-state index contributed by atoms with van der Waals surface area (Å²) in [4.78, 5) is 4.26. The fraction of sp³-hybridized carbons (Fsp3) is 0.632. The highest BCUT2D eigenvalue weighted by Crippen LogP contribution is 2.30. The van der Waals surface area contributed by atoms with Crippen LogP contribution in [0.25, 0.3) is 0 Å². The highest BCUT2D eigenvalue weighted by molar-refractivity contribution is 5.79. The quantitative estimate of drug-likeness (QED) is 0.393. The van der Waals surface area contributed by atoms with Crippen molar-refractivity contribution in [3.63, 3.8) is 0 Å². The highest BCUT2D eigenvalue weighted by Gasteiger charge is 2.22. The first-order valence-corrected chi connectivity index (χ1v) is 8.96. The molecule has 134 valence electrons. The molecule has 5 nitrogen and oxygen atoms in total. The lowest BCUT2D eigenvalue weighted by Crippen LogP contribution is -2.37. The van der Waals surface area contributed by atoms with Crippen LogP contribution in [0, 0.1) is 5.92 Å². The van der Waals surface area contributed by atoms with Crippen LogP contribution in [0.2, 0.25) is 0 Å². The van der Waals surface area contributed by atoms with Crippen LogP contribution in [0.3, 0.4) is 0 Å². The number of ether oxygens (including phenoxy) is 2. The van der Waals surface area contributed by atoms with Crippen LogP contribution in [0.5, 0.6) is 5.75 Å². The largest absolute Gasteiger partial charge is 0.493 e. The molecule has 24 heavy (non-hydrogen) atoms. The Hall–Kier alpha value is -1.75. The van der Waals surface area contributed by atoms with E-state index in [9.17, 15) is 0 Å². The molecule has 0 bridgehead atoms. The molecule has 0 saturated heterocycles. The number of para-hydroxylation sites is 1. The van der Waals surface area contributed by atoms with Crippen LogP contribution in [0.4, 0.5) is 0 Å². The van der Waals surface area contributed by atoms with Crippen LogP contribution >= 0.6 is 0 Å². The summed E-state index contributed by atoms with van der Waals surface area (Å²) in [5.41, 5.74) is 1.16. The number of rotatable bonds is 10. The van der Waals surface area contributed by atoms with Crippen LogP contribution in [-0.2, 0) is 11.3 Å². The van der Waals surface area contributed by atoms with Crippen molar-refractivity contribution >= 4 is 5.96 Å². The smallest absolute Gasteiger partial charge is 0.191 e. The van der Waals surface area contributed by atoms with Crippen LogP contribution in [0.15, 0.2) is 29.3 Å². The van der Waals surface area contributed by atoms with Crippen molar-refractivity contribution in [3.05, 3.63) is 29.8 Å². The number of benzene rings is 1. The summed E-state index contributed by atoms with van der Waals surface area (Å²) in [6.45, 7) is 7.24. The molecule has 1 saturated carbocycles. The van der Waals surface area contributed by atoms with Crippen molar-refractivity contribution in [1.29, 1.82) is 0 Å². The first kappa shape index (κ1) is 18.6. The van der Waals surface area contributed by atoms with Gasteiger partial charge in [0.1, 0.15) is 5.75 Å². The maximum absolute atomic E-state index is 5.95. The summed E-state index contributed by atoms with van der Waals surface area (Å²) < 4.78 is 11.5. The predicted octanol–water partition coefficient (Wildman–Crippen LogP) is 2.96. The zero-order valence-corrected chi connectivity index (χ0v) is 15.2. The first-order chi connectivity index (χ1) is 11.7. The van der Waals surface area contributed by atoms with Gasteiger partial charge in [-0.15, -0.1) is 0 Å². The average molecular weight is 333 g/mol. The van der Waals surface area contributed by atoms with Crippen LogP contribution in [0.1, 0.15) is 38.7 Å². The number of hydrogen-bond donors (Lipinski definition) is 2. The fourth-order valence-corrected chi connectivity index (χ4v) is 2.28. The monoisotopic (exact) mass is 333 g/mol. The third-order valence-corrected chi connectivity index (χ3v) is 3.88. The van der Waals surface area contributed by atoms with Gasteiger partial charge in [0.25, 0.3) is 0 Å². The zero-order chi connectivity index (χ0) is 17.2. The second-order valence-electron chi connectivity index (χ2n) is 6.49. The van der Waals surface area contributed by atoms with Gasteiger partial charge < -0.3 is 20.1 Å². The molecule has 1 aliphatic rings. The number of nitrogens with zero attached hydrogens (tertiary/aromatic N) is 1. The maximum Gasteiger partial charge on any atom is 0.191 e. The number of aliphatic imine (C=N–C) groups is 1. The van der Waals surface area contributed by atoms with Crippen molar-refractivity contribution in [1.82, 2.24) is 10.6 Å². The number of guanidine groups is 1. The molecular weight excluding hydrogens is 302 g/mol. The van der Waals surface area contributed by atoms with Gasteiger partial charge in [-0.1, -0.05) is 18.2 Å². The lowest BCUT2D eigenvalue weighted by atomic mass is 10.2. The van der Waals surface area contributed by atoms with Crippen molar-refractivity contribution in [3.8, 4) is 5.75 Å². The number of hydrogen-bond acceptors (Lipinski definition) is 3. The van der Waals surface area contributed by atoms with Crippen molar-refractivity contribution < 1.29 is 9.47 Å². The summed E-state index contributed by atoms with van der Waals surface area (Å²) in [6, 6.07) is 8.20. The van der Waals surface area contributed by atoms with Crippen LogP contribution in [-0.4, -0.2) is 38.9 Å². The summed E-state index contributed by atoms with van der Waals surface area (Å²) in [6.07, 6.45) is 3.85. The summed E-state index contributed by atoms with van der Waals surface area (Å²) in [5, 5.41) is 6.66. The van der Waals surface area contributed by atoms with E-state index in [-0.39, 0.29) is 6.10 Å². The van der Waals surface area contributed by atoms with E-state index < -0.39 is 0 Å². The van der Waals surface area contributed by atoms with E-state index >= 15 is 0 Å². The van der Waals surface area contributed by atoms with Gasteiger partial charge in [-0.2, -0.15) is 0 Å². The zero-order valence-electron chi connectivity index (χ0n) is 15.2. The molecule has 1 aliphatic carbocycles. The molecule has 0 amide bonds. The maximum atomic E-state index is 5.95. The Morgan fingerprint density at radius 2 is 2.04 bits per heavy atom. The second kappa shape index (κ2) is 10.2. The van der Waals surface area contributed by atoms with Crippen molar-refractivity contribution in [2.75, 3.05) is 26.8 Å². The molecule has 2 N–H and O–H groups in total. The first-order valence-electron chi connectivity index (χ1n) is 8.96. The predicted molar refractivity (Wildman–Crippen MR) is 98.6 cm³/mol. The Labute approximate surface area is 145 Å². The van der Waals surface area contributed by atoms with E-state index in [1.807, 2.05) is 18.2 Å². The Morgan fingerprint density at radius 1 is 1.25 bits per heavy atom. The fourth-order valence-electron chi connectivity index (χ4n) is 2.28. The van der Waals surface area contributed by atoms with Gasteiger partial charge in [0.15, 0.2) is 5.96 Å². The third kappa shape index (κ3) is 7.21. The molecule has 0 unspecified atom stereocenters. The van der Waals surface area contributed by atoms with E-state index in [2.05, 4.69) is 35.5 Å². The van der Waals surface area contributed by atoms with Gasteiger partial charge in [-0.25, -0.2) is 0 Å². The Bertz CT molecular complexity index is 513. The summed E-state index contributed by atoms with van der Waals surface area (Å²) in [7, 11) is 1.79. The van der Waals surface area contributed by atoms with E-state index in [4.69, 9.17) is 9.47 Å². The molecule has 2 rings (SSSR count). The highest BCUT2D eigenvalue weighted by atomic mass is 16.5. The topological polar surface area (TPSA) is 54.9 Å². The normalized spacial score (nSPS) is 14.8. The molecule has 5 heteroatoms. The molecule has 1 aromatic carbocycles. The Morgan fingerprint density at radius 3 is 2.75 bits per heavy atom. The van der Waals surface area contributed by atoms with E-state index in [1.54, 1.807) is 7.05 Å². The van der Waals surface area contributed by atoms with E-state index in [0.717, 1.165) is 49.4 Å². The Kier molecular flexibility index (Phi) is 7.89. The third-order valence-electron chi connectivity index (χ3n) is 3.88. The number of nitrogens with one attached hydrogen (secondary N) is 2. The Balaban J connectivity index is 1.72. The summed E-state index contributed by atoms with van der Waals surface area (Å²) in [5.74, 6) is 2.53. The van der Waals surface area contributed by atoms with Gasteiger partial charge in [0.05, 0.1) is 12.7 Å². The van der Waals surface area contributed by atoms with Gasteiger partial charge in [0, 0.05) is 32.3 Å². The van der Waals surface area contributed by atoms with Crippen molar-refractivity contribution in [2.24, 2.45) is 10.9 Å². The molecule has 0 aliphatic heterocycles. The molecule has 1 fully saturated rings. The minimum Gasteiger partial charge on any atom is -0.493 e. The molecule has 1 aromatic rings. The molecular formula is C19H31N3O2. The van der Waals surface area contributed by atoms with E-state index in [0.29, 0.717) is 6.54 Å². The molecule has 0 aromatic heterocycles. The molecule has 0 atom stereocenters. The SMILES string of the molecule is CN=C(NCCCOC(C)C)NCc1ccccc1OCC1CC1. The summed E-state index contributed by atoms with van der Waals surface area (Å²) >= 11 is 0. The van der Waals surface area contributed by atoms with Crippen molar-refractivity contribution in [2.45, 2.75) is 45.8 Å².